The number of ketones is 4. The maximum Gasteiger partial charge on any atom is 0.331 e. The van der Waals surface area contributed by atoms with E-state index in [0.717, 1.165) is 22.9 Å². The molecular formula is C39H32O12. The number of ether oxygens (including phenoxy) is 4. The molecule has 2 N–H and O–H groups in total. The fraction of sp³-hybridized carbons (Fsp3) is 0.128. The molecular weight excluding hydrogens is 660 g/mol. The van der Waals surface area contributed by atoms with E-state index >= 15 is 0 Å². The molecule has 0 heterocycles. The van der Waals surface area contributed by atoms with Gasteiger partial charge in [0.15, 0.2) is 29.3 Å². The number of carbonyl (C=O) groups excluding carboxylic acids is 5. The molecule has 260 valence electrons. The minimum Gasteiger partial charge on any atom is -0.507 e. The predicted molar refractivity (Wildman–Crippen MR) is 186 cm³/mol. The molecule has 0 spiro atoms. The number of fused-ring (bicyclic) bond motifs is 3. The zero-order valence-electron chi connectivity index (χ0n) is 28.1. The number of allylic oxidation sites excluding steroid dienone is 4. The van der Waals surface area contributed by atoms with Crippen LogP contribution in [-0.4, -0.2) is 74.0 Å². The van der Waals surface area contributed by atoms with E-state index in [0.29, 0.717) is 34.7 Å². The van der Waals surface area contributed by atoms with Gasteiger partial charge < -0.3 is 29.2 Å². The third-order valence-electron chi connectivity index (χ3n) is 7.80. The summed E-state index contributed by atoms with van der Waals surface area (Å²) in [7, 11) is 5.85. The lowest BCUT2D eigenvalue weighted by atomic mass is 9.87. The normalized spacial score (nSPS) is 13.4. The van der Waals surface area contributed by atoms with E-state index < -0.39 is 29.1 Å². The molecule has 0 atom stereocenters. The summed E-state index contributed by atoms with van der Waals surface area (Å²) < 4.78 is 20.9. The molecule has 2 aliphatic rings. The Balaban J connectivity index is 0.000000175. The first-order chi connectivity index (χ1) is 24.4. The zero-order valence-corrected chi connectivity index (χ0v) is 28.1. The number of carboxylic acid groups (broad SMARTS) is 1. The van der Waals surface area contributed by atoms with Crippen molar-refractivity contribution in [3.8, 4) is 17.2 Å². The Kier molecular flexibility index (Phi) is 11.6. The van der Waals surface area contributed by atoms with Gasteiger partial charge in [-0.1, -0.05) is 72.8 Å². The van der Waals surface area contributed by atoms with Gasteiger partial charge in [0.25, 0.3) is 0 Å². The molecule has 12 heteroatoms. The number of rotatable bonds is 7. The van der Waals surface area contributed by atoms with Crippen LogP contribution in [0.15, 0.2) is 102 Å². The highest BCUT2D eigenvalue weighted by atomic mass is 16.5. The Morgan fingerprint density at radius 2 is 1.10 bits per heavy atom. The van der Waals surface area contributed by atoms with Gasteiger partial charge in [0, 0.05) is 44.7 Å². The number of aldehydes is 1. The van der Waals surface area contributed by atoms with Crippen LogP contribution in [0, 0.1) is 0 Å². The van der Waals surface area contributed by atoms with Gasteiger partial charge in [-0.15, -0.1) is 0 Å². The summed E-state index contributed by atoms with van der Waals surface area (Å²) in [5, 5.41) is 19.9. The highest BCUT2D eigenvalue weighted by molar-refractivity contribution is 6.50. The highest BCUT2D eigenvalue weighted by Crippen LogP contribution is 2.44. The van der Waals surface area contributed by atoms with Crippen LogP contribution in [0.25, 0.3) is 16.5 Å². The Morgan fingerprint density at radius 1 is 0.627 bits per heavy atom. The van der Waals surface area contributed by atoms with Crippen molar-refractivity contribution in [1.29, 1.82) is 0 Å². The lowest BCUT2D eigenvalue weighted by molar-refractivity contribution is -0.132. The van der Waals surface area contributed by atoms with E-state index in [1.807, 2.05) is 24.3 Å². The summed E-state index contributed by atoms with van der Waals surface area (Å²) in [6, 6.07) is 20.4. The largest absolute Gasteiger partial charge is 0.507 e. The average Bonchev–Trinajstić information content (AvgIpc) is 3.15. The van der Waals surface area contributed by atoms with Gasteiger partial charge in [-0.05, 0) is 13.0 Å². The lowest BCUT2D eigenvalue weighted by Gasteiger charge is -2.18. The smallest absolute Gasteiger partial charge is 0.331 e. The summed E-state index contributed by atoms with van der Waals surface area (Å²) in [6.07, 6.45) is 2.83. The molecule has 0 aliphatic heterocycles. The number of aliphatic hydroxyl groups is 1. The third kappa shape index (κ3) is 7.30. The number of carboxylic acids is 1. The number of aliphatic carboxylic acids is 1. The maximum absolute atomic E-state index is 12.4. The number of methoxy groups -OCH3 is 4. The van der Waals surface area contributed by atoms with E-state index in [4.69, 9.17) is 24.1 Å². The van der Waals surface area contributed by atoms with Gasteiger partial charge >= 0.3 is 5.97 Å². The van der Waals surface area contributed by atoms with E-state index in [1.165, 1.54) is 40.4 Å². The fourth-order valence-electron chi connectivity index (χ4n) is 5.39. The molecule has 2 aliphatic carbocycles. The molecule has 4 aromatic rings. The molecule has 0 fully saturated rings. The average molecular weight is 693 g/mol. The molecule has 0 amide bonds. The van der Waals surface area contributed by atoms with Crippen molar-refractivity contribution < 1.29 is 57.9 Å². The number of aliphatic hydroxyl groups excluding tert-OH is 1. The van der Waals surface area contributed by atoms with Crippen LogP contribution in [0.3, 0.4) is 0 Å². The predicted octanol–water partition coefficient (Wildman–Crippen LogP) is 6.03. The Labute approximate surface area is 291 Å². The fourth-order valence-corrected chi connectivity index (χ4v) is 5.39. The second-order valence-corrected chi connectivity index (χ2v) is 10.7. The highest BCUT2D eigenvalue weighted by Gasteiger charge is 2.32. The lowest BCUT2D eigenvalue weighted by Crippen LogP contribution is -2.22. The summed E-state index contributed by atoms with van der Waals surface area (Å²) in [4.78, 5) is 69.0. The van der Waals surface area contributed by atoms with Crippen molar-refractivity contribution in [2.45, 2.75) is 6.92 Å². The van der Waals surface area contributed by atoms with Crippen molar-refractivity contribution in [2.75, 3.05) is 28.4 Å². The van der Waals surface area contributed by atoms with Crippen molar-refractivity contribution in [3.05, 3.63) is 130 Å². The third-order valence-corrected chi connectivity index (χ3v) is 7.80. The minimum absolute atomic E-state index is 0.0314. The molecule has 0 saturated carbocycles. The SMILES string of the molecule is COC1=C(/C=C(\C)C(=O)O)C(=O)c2ccccc2C1=O.COc1c(C=O)c(OC)c2ccccc2c1OC.O=C1C=C(O)c2ccccc2C1=O. The Bertz CT molecular complexity index is 2190. The Hall–Kier alpha value is -6.82. The van der Waals surface area contributed by atoms with Gasteiger partial charge in [-0.2, -0.15) is 0 Å². The molecule has 0 unspecified atom stereocenters. The van der Waals surface area contributed by atoms with E-state index in [1.54, 1.807) is 43.5 Å². The molecule has 4 aromatic carbocycles. The molecule has 0 aromatic heterocycles. The number of Topliss-reactive ketones (excluding diaryl/α,β-unsaturated/α-hetero) is 3. The number of benzene rings is 4. The standard InChI is InChI=1S/C15H12O5.C14H14O4.C10H6O3/c1-8(15(18)19)7-11-12(16)9-5-3-4-6-10(9)13(17)14(11)20-2;1-16-12-9-6-4-5-7-10(9)13(17-2)14(18-3)11(12)8-15;11-8-5-9(12)10(13)7-4-2-1-3-6(7)8/h3-7H,1-2H3,(H,18,19);4-8H,1-3H3;1-5,11H/b8-7+;;. The van der Waals surface area contributed by atoms with Gasteiger partial charge in [0.05, 0.1) is 34.0 Å². The summed E-state index contributed by atoms with van der Waals surface area (Å²) in [5.74, 6) is -2.08. The van der Waals surface area contributed by atoms with Crippen molar-refractivity contribution in [3.63, 3.8) is 0 Å². The number of carbonyl (C=O) groups is 6. The minimum atomic E-state index is -1.16. The van der Waals surface area contributed by atoms with E-state index in [2.05, 4.69) is 0 Å². The summed E-state index contributed by atoms with van der Waals surface area (Å²) in [6.45, 7) is 1.35. The van der Waals surface area contributed by atoms with Gasteiger partial charge in [0.2, 0.25) is 17.3 Å². The van der Waals surface area contributed by atoms with Gasteiger partial charge in [0.1, 0.15) is 17.1 Å². The first-order valence-electron chi connectivity index (χ1n) is 15.1. The quantitative estimate of drug-likeness (QED) is 0.131. The molecule has 51 heavy (non-hydrogen) atoms. The van der Waals surface area contributed by atoms with Gasteiger partial charge in [-0.3, -0.25) is 24.0 Å². The topological polar surface area (TPSA) is 180 Å². The van der Waals surface area contributed by atoms with E-state index in [-0.39, 0.29) is 39.4 Å². The summed E-state index contributed by atoms with van der Waals surface area (Å²) in [5.41, 5.74) is 1.49. The van der Waals surface area contributed by atoms with Gasteiger partial charge in [-0.25, -0.2) is 4.79 Å². The second kappa shape index (κ2) is 16.1. The monoisotopic (exact) mass is 692 g/mol. The van der Waals surface area contributed by atoms with Crippen LogP contribution in [0.1, 0.15) is 53.9 Å². The number of hydrogen-bond donors (Lipinski definition) is 2. The van der Waals surface area contributed by atoms with Crippen LogP contribution < -0.4 is 14.2 Å². The molecule has 0 saturated heterocycles. The first-order valence-corrected chi connectivity index (χ1v) is 15.1. The number of hydrogen-bond acceptors (Lipinski definition) is 11. The van der Waals surface area contributed by atoms with E-state index in [9.17, 15) is 33.9 Å². The molecule has 12 nitrogen and oxygen atoms in total. The molecule has 0 bridgehead atoms. The summed E-state index contributed by atoms with van der Waals surface area (Å²) >= 11 is 0. The Morgan fingerprint density at radius 3 is 1.59 bits per heavy atom. The van der Waals surface area contributed by atoms with Crippen LogP contribution in [0.4, 0.5) is 0 Å². The van der Waals surface area contributed by atoms with Crippen molar-refractivity contribution in [2.24, 2.45) is 0 Å². The second-order valence-electron chi connectivity index (χ2n) is 10.7. The van der Waals surface area contributed by atoms with Crippen molar-refractivity contribution >= 4 is 51.9 Å². The maximum atomic E-state index is 12.4. The van der Waals surface area contributed by atoms with Crippen molar-refractivity contribution in [1.82, 2.24) is 0 Å². The van der Waals surface area contributed by atoms with Crippen LogP contribution in [0.5, 0.6) is 17.2 Å². The zero-order chi connectivity index (χ0) is 37.4. The van der Waals surface area contributed by atoms with Crippen LogP contribution >= 0.6 is 0 Å². The molecule has 0 radical (unpaired) electrons. The first kappa shape index (κ1) is 37.0. The van der Waals surface area contributed by atoms with Crippen LogP contribution in [-0.2, 0) is 14.3 Å². The molecule has 6 rings (SSSR count). The van der Waals surface area contributed by atoms with Crippen LogP contribution in [0.2, 0.25) is 0 Å².